The smallest absolute Gasteiger partial charge is 0.323 e. The van der Waals surface area contributed by atoms with Crippen LogP contribution in [0, 0.1) is 5.92 Å². The molecule has 8 nitrogen and oxygen atoms in total. The zero-order valence-electron chi connectivity index (χ0n) is 12.5. The minimum absolute atomic E-state index is 0.0985. The van der Waals surface area contributed by atoms with Crippen LogP contribution in [0.15, 0.2) is 0 Å². The summed E-state index contributed by atoms with van der Waals surface area (Å²) in [4.78, 5) is 48.3. The number of likely N-dealkylation sites (tertiary alicyclic amines) is 1. The Hall–Kier alpha value is -2.12. The number of rotatable bonds is 5. The predicted octanol–water partition coefficient (Wildman–Crippen LogP) is -0.114. The highest BCUT2D eigenvalue weighted by molar-refractivity contribution is 6.01. The summed E-state index contributed by atoms with van der Waals surface area (Å²) < 4.78 is 0. The van der Waals surface area contributed by atoms with Crippen molar-refractivity contribution in [1.82, 2.24) is 15.1 Å². The molecule has 1 unspecified atom stereocenters. The molecule has 0 bridgehead atoms. The first-order valence-electron chi connectivity index (χ1n) is 6.80. The highest BCUT2D eigenvalue weighted by Gasteiger charge is 2.33. The molecule has 4 amide bonds. The molecule has 1 aliphatic heterocycles. The third-order valence-corrected chi connectivity index (χ3v) is 3.15. The van der Waals surface area contributed by atoms with Crippen LogP contribution < -0.4 is 5.32 Å². The van der Waals surface area contributed by atoms with E-state index < -0.39 is 30.5 Å². The maximum absolute atomic E-state index is 12.1. The lowest BCUT2D eigenvalue weighted by atomic mass is 10.0. The molecule has 0 aromatic heterocycles. The standard InChI is InChI=1S/C13H21N3O5/c1-8(2)6-16(7-11(18)19)13(21)14-9-4-5-10(17)15(3)12(9)20/h8-9H,4-7H2,1-3H3,(H,14,21)(H,18,19). The van der Waals surface area contributed by atoms with Gasteiger partial charge in [-0.25, -0.2) is 4.79 Å². The molecule has 0 spiro atoms. The predicted molar refractivity (Wildman–Crippen MR) is 73.4 cm³/mol. The first-order valence-corrected chi connectivity index (χ1v) is 6.80. The third-order valence-electron chi connectivity index (χ3n) is 3.15. The average Bonchev–Trinajstić information content (AvgIpc) is 2.37. The summed E-state index contributed by atoms with van der Waals surface area (Å²) in [5, 5.41) is 11.3. The zero-order chi connectivity index (χ0) is 16.2. The lowest BCUT2D eigenvalue weighted by Gasteiger charge is -2.30. The molecule has 0 aromatic rings. The van der Waals surface area contributed by atoms with Crippen molar-refractivity contribution >= 4 is 23.8 Å². The molecule has 0 radical (unpaired) electrons. The van der Waals surface area contributed by atoms with Crippen LogP contribution in [0.3, 0.4) is 0 Å². The van der Waals surface area contributed by atoms with Crippen LogP contribution in [-0.4, -0.2) is 64.9 Å². The number of carbonyl (C=O) groups is 4. The summed E-state index contributed by atoms with van der Waals surface area (Å²) in [7, 11) is 1.37. The lowest BCUT2D eigenvalue weighted by molar-refractivity contribution is -0.147. The second kappa shape index (κ2) is 7.05. The number of nitrogens with zero attached hydrogens (tertiary/aromatic N) is 2. The van der Waals surface area contributed by atoms with Crippen molar-refractivity contribution in [2.24, 2.45) is 5.92 Å². The van der Waals surface area contributed by atoms with Gasteiger partial charge in [-0.3, -0.25) is 19.3 Å². The minimum Gasteiger partial charge on any atom is -0.480 e. The number of urea groups is 1. The maximum atomic E-state index is 12.1. The molecule has 2 N–H and O–H groups in total. The summed E-state index contributed by atoms with van der Waals surface area (Å²) in [6.07, 6.45) is 0.409. The SMILES string of the molecule is CC(C)CN(CC(=O)O)C(=O)NC1CCC(=O)N(C)C1=O. The third kappa shape index (κ3) is 4.73. The van der Waals surface area contributed by atoms with E-state index in [4.69, 9.17) is 5.11 Å². The fraction of sp³-hybridized carbons (Fsp3) is 0.692. The summed E-state index contributed by atoms with van der Waals surface area (Å²) >= 11 is 0. The van der Waals surface area contributed by atoms with Crippen LogP contribution in [0.5, 0.6) is 0 Å². The van der Waals surface area contributed by atoms with Gasteiger partial charge in [0, 0.05) is 20.0 Å². The highest BCUT2D eigenvalue weighted by atomic mass is 16.4. The van der Waals surface area contributed by atoms with Gasteiger partial charge < -0.3 is 15.3 Å². The number of carboxylic acids is 1. The molecule has 1 aliphatic rings. The fourth-order valence-electron chi connectivity index (χ4n) is 2.11. The Bertz CT molecular complexity index is 449. The lowest BCUT2D eigenvalue weighted by Crippen LogP contribution is -2.56. The molecule has 1 heterocycles. The summed E-state index contributed by atoms with van der Waals surface area (Å²) in [6.45, 7) is 3.56. The van der Waals surface area contributed by atoms with Crippen molar-refractivity contribution in [3.05, 3.63) is 0 Å². The molecule has 21 heavy (non-hydrogen) atoms. The Balaban J connectivity index is 2.70. The van der Waals surface area contributed by atoms with Gasteiger partial charge in [0.2, 0.25) is 5.91 Å². The van der Waals surface area contributed by atoms with Crippen LogP contribution in [0.25, 0.3) is 0 Å². The summed E-state index contributed by atoms with van der Waals surface area (Å²) in [5.74, 6) is -1.77. The molecule has 0 aromatic carbocycles. The number of likely N-dealkylation sites (N-methyl/N-ethyl adjacent to an activating group) is 1. The number of imide groups is 1. The van der Waals surface area contributed by atoms with E-state index in [0.717, 1.165) is 9.80 Å². The molecular formula is C13H21N3O5. The number of hydrogen-bond donors (Lipinski definition) is 2. The van der Waals surface area contributed by atoms with E-state index in [1.807, 2.05) is 13.8 Å². The van der Waals surface area contributed by atoms with E-state index in [-0.39, 0.29) is 31.2 Å². The molecule has 1 atom stereocenters. The summed E-state index contributed by atoms with van der Waals surface area (Å²) in [5.41, 5.74) is 0. The number of carboxylic acid groups (broad SMARTS) is 1. The van der Waals surface area contributed by atoms with E-state index in [1.54, 1.807) is 0 Å². The van der Waals surface area contributed by atoms with Crippen LogP contribution in [0.4, 0.5) is 4.79 Å². The van der Waals surface area contributed by atoms with Crippen molar-refractivity contribution in [2.45, 2.75) is 32.7 Å². The Morgan fingerprint density at radius 1 is 1.43 bits per heavy atom. The van der Waals surface area contributed by atoms with E-state index in [1.165, 1.54) is 7.05 Å². The van der Waals surface area contributed by atoms with Gasteiger partial charge in [0.1, 0.15) is 12.6 Å². The van der Waals surface area contributed by atoms with Gasteiger partial charge in [0.15, 0.2) is 0 Å². The van der Waals surface area contributed by atoms with Gasteiger partial charge >= 0.3 is 12.0 Å². The van der Waals surface area contributed by atoms with E-state index in [0.29, 0.717) is 0 Å². The van der Waals surface area contributed by atoms with Gasteiger partial charge in [0.25, 0.3) is 5.91 Å². The van der Waals surface area contributed by atoms with Gasteiger partial charge in [0.05, 0.1) is 0 Å². The monoisotopic (exact) mass is 299 g/mol. The number of aliphatic carboxylic acids is 1. The fourth-order valence-corrected chi connectivity index (χ4v) is 2.11. The molecule has 1 rings (SSSR count). The van der Waals surface area contributed by atoms with E-state index in [9.17, 15) is 19.2 Å². The Labute approximate surface area is 123 Å². The quantitative estimate of drug-likeness (QED) is 0.689. The average molecular weight is 299 g/mol. The van der Waals surface area contributed by atoms with Gasteiger partial charge in [-0.2, -0.15) is 0 Å². The molecule has 1 saturated heterocycles. The van der Waals surface area contributed by atoms with Crippen molar-refractivity contribution in [3.63, 3.8) is 0 Å². The molecule has 8 heteroatoms. The number of amides is 4. The number of hydrogen-bond acceptors (Lipinski definition) is 4. The summed E-state index contributed by atoms with van der Waals surface area (Å²) in [6, 6.07) is -1.39. The molecular weight excluding hydrogens is 278 g/mol. The van der Waals surface area contributed by atoms with Crippen molar-refractivity contribution in [3.8, 4) is 0 Å². The largest absolute Gasteiger partial charge is 0.480 e. The van der Waals surface area contributed by atoms with Crippen molar-refractivity contribution in [1.29, 1.82) is 0 Å². The van der Waals surface area contributed by atoms with Crippen molar-refractivity contribution in [2.75, 3.05) is 20.1 Å². The van der Waals surface area contributed by atoms with Gasteiger partial charge in [-0.15, -0.1) is 0 Å². The molecule has 1 fully saturated rings. The first kappa shape index (κ1) is 16.9. The minimum atomic E-state index is -1.12. The Morgan fingerprint density at radius 3 is 2.57 bits per heavy atom. The first-order chi connectivity index (χ1) is 9.72. The second-order valence-corrected chi connectivity index (χ2v) is 5.50. The van der Waals surface area contributed by atoms with E-state index in [2.05, 4.69) is 5.32 Å². The number of carbonyl (C=O) groups excluding carboxylic acids is 3. The molecule has 0 aliphatic carbocycles. The zero-order valence-corrected chi connectivity index (χ0v) is 12.5. The van der Waals surface area contributed by atoms with Gasteiger partial charge in [-0.1, -0.05) is 13.8 Å². The van der Waals surface area contributed by atoms with Crippen LogP contribution in [0.2, 0.25) is 0 Å². The highest BCUT2D eigenvalue weighted by Crippen LogP contribution is 2.12. The normalized spacial score (nSPS) is 18.9. The Morgan fingerprint density at radius 2 is 2.05 bits per heavy atom. The number of nitrogens with one attached hydrogen (secondary N) is 1. The van der Waals surface area contributed by atoms with Crippen LogP contribution in [0.1, 0.15) is 26.7 Å². The topological polar surface area (TPSA) is 107 Å². The second-order valence-electron chi connectivity index (χ2n) is 5.50. The van der Waals surface area contributed by atoms with E-state index >= 15 is 0 Å². The molecule has 0 saturated carbocycles. The van der Waals surface area contributed by atoms with Gasteiger partial charge in [-0.05, 0) is 12.3 Å². The maximum Gasteiger partial charge on any atom is 0.323 e. The Kier molecular flexibility index (Phi) is 5.69. The van der Waals surface area contributed by atoms with Crippen molar-refractivity contribution < 1.29 is 24.3 Å². The van der Waals surface area contributed by atoms with Crippen LogP contribution in [-0.2, 0) is 14.4 Å². The molecule has 118 valence electrons. The number of piperidine rings is 1. The van der Waals surface area contributed by atoms with Crippen LogP contribution >= 0.6 is 0 Å².